The van der Waals surface area contributed by atoms with Crippen LogP contribution < -0.4 is 5.32 Å². The highest BCUT2D eigenvalue weighted by Crippen LogP contribution is 2.46. The third-order valence-electron chi connectivity index (χ3n) is 3.63. The maximum absolute atomic E-state index is 11.6. The molecule has 2 unspecified atom stereocenters. The van der Waals surface area contributed by atoms with Crippen molar-refractivity contribution < 1.29 is 9.59 Å². The van der Waals surface area contributed by atoms with Gasteiger partial charge in [0, 0.05) is 6.42 Å². The van der Waals surface area contributed by atoms with Gasteiger partial charge in [-0.2, -0.15) is 0 Å². The summed E-state index contributed by atoms with van der Waals surface area (Å²) in [4.78, 5) is 22.8. The summed E-state index contributed by atoms with van der Waals surface area (Å²) < 4.78 is 0. The molecular formula is C10H15NO2. The molecule has 2 rings (SSSR count). The zero-order valence-corrected chi connectivity index (χ0v) is 7.93. The summed E-state index contributed by atoms with van der Waals surface area (Å²) in [6.07, 6.45) is 4.69. The van der Waals surface area contributed by atoms with E-state index in [1.165, 1.54) is 6.42 Å². The summed E-state index contributed by atoms with van der Waals surface area (Å²) in [5.74, 6) is 0.260. The van der Waals surface area contributed by atoms with E-state index in [0.717, 1.165) is 19.3 Å². The maximum atomic E-state index is 11.6. The van der Waals surface area contributed by atoms with E-state index in [0.29, 0.717) is 12.3 Å². The first-order valence-electron chi connectivity index (χ1n) is 4.99. The van der Waals surface area contributed by atoms with E-state index in [9.17, 15) is 9.59 Å². The molecule has 1 saturated heterocycles. The van der Waals surface area contributed by atoms with E-state index in [2.05, 4.69) is 12.2 Å². The second-order valence-electron chi connectivity index (χ2n) is 4.36. The van der Waals surface area contributed by atoms with Crippen LogP contribution in [0.2, 0.25) is 0 Å². The van der Waals surface area contributed by atoms with Gasteiger partial charge >= 0.3 is 0 Å². The van der Waals surface area contributed by atoms with Crippen LogP contribution >= 0.6 is 0 Å². The number of imide groups is 1. The minimum Gasteiger partial charge on any atom is -0.296 e. The molecule has 72 valence electrons. The number of amides is 2. The normalized spacial score (nSPS) is 39.6. The van der Waals surface area contributed by atoms with Gasteiger partial charge in [0.1, 0.15) is 0 Å². The van der Waals surface area contributed by atoms with Gasteiger partial charge in [0.05, 0.1) is 5.41 Å². The predicted octanol–water partition coefficient (Wildman–Crippen LogP) is 1.23. The molecule has 2 fully saturated rings. The molecule has 0 aromatic carbocycles. The third kappa shape index (κ3) is 1.18. The van der Waals surface area contributed by atoms with Crippen LogP contribution in [-0.2, 0) is 9.59 Å². The van der Waals surface area contributed by atoms with Crippen LogP contribution in [0.1, 0.15) is 39.0 Å². The molecule has 1 aliphatic carbocycles. The fraction of sp³-hybridized carbons (Fsp3) is 0.800. The summed E-state index contributed by atoms with van der Waals surface area (Å²) in [6, 6.07) is 0. The van der Waals surface area contributed by atoms with Crippen LogP contribution in [0.4, 0.5) is 0 Å². The van der Waals surface area contributed by atoms with Gasteiger partial charge in [-0.1, -0.05) is 19.8 Å². The number of nitrogens with one attached hydrogen (secondary N) is 1. The lowest BCUT2D eigenvalue weighted by atomic mass is 9.66. The van der Waals surface area contributed by atoms with Gasteiger partial charge in [0.2, 0.25) is 11.8 Å². The number of rotatable bonds is 0. The Morgan fingerprint density at radius 1 is 1.38 bits per heavy atom. The largest absolute Gasteiger partial charge is 0.296 e. The van der Waals surface area contributed by atoms with Crippen LogP contribution in [0.25, 0.3) is 0 Å². The zero-order chi connectivity index (χ0) is 9.47. The van der Waals surface area contributed by atoms with Crippen molar-refractivity contribution in [2.24, 2.45) is 11.3 Å². The van der Waals surface area contributed by atoms with E-state index in [1.54, 1.807) is 0 Å². The third-order valence-corrected chi connectivity index (χ3v) is 3.63. The van der Waals surface area contributed by atoms with Gasteiger partial charge in [-0.15, -0.1) is 0 Å². The van der Waals surface area contributed by atoms with Gasteiger partial charge in [-0.3, -0.25) is 14.9 Å². The average molecular weight is 181 g/mol. The Kier molecular flexibility index (Phi) is 1.90. The standard InChI is InChI=1S/C10H15NO2/c1-7-4-2-3-5-10(7)6-8(12)11-9(10)13/h7H,2-6H2,1H3,(H,11,12,13). The van der Waals surface area contributed by atoms with Gasteiger partial charge in [0.15, 0.2) is 0 Å². The lowest BCUT2D eigenvalue weighted by Gasteiger charge is -2.36. The van der Waals surface area contributed by atoms with Crippen LogP contribution in [0.3, 0.4) is 0 Å². The van der Waals surface area contributed by atoms with Crippen molar-refractivity contribution in [3.63, 3.8) is 0 Å². The molecule has 3 nitrogen and oxygen atoms in total. The van der Waals surface area contributed by atoms with Crippen LogP contribution in [0.5, 0.6) is 0 Å². The van der Waals surface area contributed by atoms with Crippen molar-refractivity contribution in [1.82, 2.24) is 5.32 Å². The predicted molar refractivity (Wildman–Crippen MR) is 47.8 cm³/mol. The van der Waals surface area contributed by atoms with Gasteiger partial charge in [0.25, 0.3) is 0 Å². The average Bonchev–Trinajstić information content (AvgIpc) is 2.35. The van der Waals surface area contributed by atoms with Crippen molar-refractivity contribution in [2.75, 3.05) is 0 Å². The van der Waals surface area contributed by atoms with E-state index in [1.807, 2.05) is 0 Å². The minimum atomic E-state index is -0.338. The SMILES string of the molecule is CC1CCCCC12CC(=O)NC2=O. The van der Waals surface area contributed by atoms with Crippen molar-refractivity contribution in [3.05, 3.63) is 0 Å². The summed E-state index contributed by atoms with van der Waals surface area (Å²) in [6.45, 7) is 2.09. The number of hydrogen-bond acceptors (Lipinski definition) is 2. The minimum absolute atomic E-state index is 0.0234. The summed E-state index contributed by atoms with van der Waals surface area (Å²) in [7, 11) is 0. The van der Waals surface area contributed by atoms with Crippen molar-refractivity contribution in [2.45, 2.75) is 39.0 Å². The highest BCUT2D eigenvalue weighted by Gasteiger charge is 2.50. The highest BCUT2D eigenvalue weighted by molar-refractivity contribution is 6.06. The quantitative estimate of drug-likeness (QED) is 0.571. The first-order valence-corrected chi connectivity index (χ1v) is 4.99. The molecule has 13 heavy (non-hydrogen) atoms. The highest BCUT2D eigenvalue weighted by atomic mass is 16.2. The summed E-state index contributed by atoms with van der Waals surface area (Å²) in [5.41, 5.74) is -0.338. The molecule has 1 saturated carbocycles. The molecule has 0 aromatic heterocycles. The van der Waals surface area contributed by atoms with Crippen LogP contribution in [0.15, 0.2) is 0 Å². The Labute approximate surface area is 77.9 Å². The zero-order valence-electron chi connectivity index (χ0n) is 7.93. The van der Waals surface area contributed by atoms with Crippen molar-refractivity contribution in [1.29, 1.82) is 0 Å². The van der Waals surface area contributed by atoms with E-state index < -0.39 is 0 Å². The molecule has 1 N–H and O–H groups in total. The Morgan fingerprint density at radius 3 is 2.69 bits per heavy atom. The number of hydrogen-bond donors (Lipinski definition) is 1. The molecule has 2 atom stereocenters. The smallest absolute Gasteiger partial charge is 0.233 e. The molecule has 1 aliphatic heterocycles. The lowest BCUT2D eigenvalue weighted by molar-refractivity contribution is -0.132. The molecule has 0 aromatic rings. The fourth-order valence-electron chi connectivity index (χ4n) is 2.68. The van der Waals surface area contributed by atoms with Crippen LogP contribution in [-0.4, -0.2) is 11.8 Å². The molecule has 2 aliphatic rings. The second-order valence-corrected chi connectivity index (χ2v) is 4.36. The summed E-state index contributed by atoms with van der Waals surface area (Å²) in [5, 5.41) is 2.43. The Morgan fingerprint density at radius 2 is 2.15 bits per heavy atom. The Balaban J connectivity index is 2.26. The van der Waals surface area contributed by atoms with E-state index in [4.69, 9.17) is 0 Å². The first-order chi connectivity index (χ1) is 6.15. The first kappa shape index (κ1) is 8.73. The second kappa shape index (κ2) is 2.82. The van der Waals surface area contributed by atoms with Crippen molar-refractivity contribution in [3.8, 4) is 0 Å². The number of carbonyl (C=O) groups is 2. The molecule has 0 radical (unpaired) electrons. The van der Waals surface area contributed by atoms with Gasteiger partial charge < -0.3 is 0 Å². The monoisotopic (exact) mass is 181 g/mol. The maximum Gasteiger partial charge on any atom is 0.233 e. The van der Waals surface area contributed by atoms with Gasteiger partial charge in [-0.05, 0) is 18.8 Å². The molecule has 1 spiro atoms. The number of carbonyl (C=O) groups excluding carboxylic acids is 2. The molecule has 3 heteroatoms. The molecule has 0 bridgehead atoms. The van der Waals surface area contributed by atoms with Gasteiger partial charge in [-0.25, -0.2) is 0 Å². The summed E-state index contributed by atoms with van der Waals surface area (Å²) >= 11 is 0. The van der Waals surface area contributed by atoms with E-state index in [-0.39, 0.29) is 17.2 Å². The topological polar surface area (TPSA) is 46.2 Å². The Bertz CT molecular complexity index is 262. The van der Waals surface area contributed by atoms with Crippen molar-refractivity contribution >= 4 is 11.8 Å². The molecule has 1 heterocycles. The Hall–Kier alpha value is -0.860. The molecule has 2 amide bonds. The van der Waals surface area contributed by atoms with E-state index >= 15 is 0 Å². The van der Waals surface area contributed by atoms with Crippen LogP contribution in [0, 0.1) is 11.3 Å². The fourth-order valence-corrected chi connectivity index (χ4v) is 2.68. The molecular weight excluding hydrogens is 166 g/mol. The lowest BCUT2D eigenvalue weighted by Crippen LogP contribution is -2.39.